The summed E-state index contributed by atoms with van der Waals surface area (Å²) < 4.78 is 5.91. The summed E-state index contributed by atoms with van der Waals surface area (Å²) in [4.78, 5) is 11.8. The lowest BCUT2D eigenvalue weighted by molar-refractivity contribution is -0.117. The van der Waals surface area contributed by atoms with Gasteiger partial charge in [-0.25, -0.2) is 0 Å². The molecule has 1 rings (SSSR count). The van der Waals surface area contributed by atoms with Crippen LogP contribution >= 0.6 is 15.9 Å². The van der Waals surface area contributed by atoms with Crippen LogP contribution in [0.2, 0.25) is 0 Å². The first kappa shape index (κ1) is 14.2. The highest BCUT2D eigenvalue weighted by molar-refractivity contribution is 9.10. The molecule has 1 unspecified atom stereocenters. The maximum Gasteiger partial charge on any atom is 0.224 e. The summed E-state index contributed by atoms with van der Waals surface area (Å²) in [5.74, 6) is 0.240. The Kier molecular flexibility index (Phi) is 5.65. The summed E-state index contributed by atoms with van der Waals surface area (Å²) in [6, 6.07) is 5.87. The van der Waals surface area contributed by atoms with E-state index in [2.05, 4.69) is 21.2 Å². The average molecular weight is 300 g/mol. The van der Waals surface area contributed by atoms with E-state index in [-0.39, 0.29) is 11.8 Å². The minimum absolute atomic E-state index is 0.0147. The molecule has 0 aliphatic heterocycles. The summed E-state index contributed by atoms with van der Waals surface area (Å²) in [6.45, 7) is 4.59. The van der Waals surface area contributed by atoms with Crippen molar-refractivity contribution in [3.05, 3.63) is 28.2 Å². The fourth-order valence-corrected chi connectivity index (χ4v) is 1.94. The molecular weight excluding hydrogens is 282 g/mol. The first-order valence-electron chi connectivity index (χ1n) is 5.58. The molecule has 1 N–H and O–H groups in total. The molecule has 94 valence electrons. The molecule has 0 radical (unpaired) electrons. The Morgan fingerprint density at radius 3 is 2.88 bits per heavy atom. The van der Waals surface area contributed by atoms with Crippen LogP contribution in [0, 0.1) is 12.8 Å². The lowest BCUT2D eigenvalue weighted by Gasteiger charge is -2.12. The molecule has 3 nitrogen and oxygen atoms in total. The van der Waals surface area contributed by atoms with Crippen LogP contribution in [0.4, 0.5) is 5.69 Å². The minimum Gasteiger partial charge on any atom is -0.384 e. The van der Waals surface area contributed by atoms with E-state index in [1.807, 2.05) is 32.0 Å². The molecule has 0 aromatic heterocycles. The van der Waals surface area contributed by atoms with Gasteiger partial charge >= 0.3 is 0 Å². The number of carbonyl (C=O) groups excluding carboxylic acids is 1. The number of hydrogen-bond acceptors (Lipinski definition) is 2. The zero-order valence-corrected chi connectivity index (χ0v) is 12.0. The van der Waals surface area contributed by atoms with Crippen LogP contribution in [-0.4, -0.2) is 19.6 Å². The van der Waals surface area contributed by atoms with Crippen molar-refractivity contribution in [2.45, 2.75) is 20.3 Å². The topological polar surface area (TPSA) is 38.3 Å². The number of aryl methyl sites for hydroxylation is 1. The van der Waals surface area contributed by atoms with Gasteiger partial charge in [-0.2, -0.15) is 0 Å². The molecule has 0 aliphatic rings. The molecular formula is C13H18BrNO2. The van der Waals surface area contributed by atoms with Gasteiger partial charge in [0, 0.05) is 24.6 Å². The molecule has 4 heteroatoms. The Hall–Kier alpha value is -0.870. The summed E-state index contributed by atoms with van der Waals surface area (Å²) in [5, 5.41) is 2.90. The Morgan fingerprint density at radius 1 is 1.53 bits per heavy atom. The quantitative estimate of drug-likeness (QED) is 0.905. The normalized spacial score (nSPS) is 12.2. The number of hydrogen-bond donors (Lipinski definition) is 1. The van der Waals surface area contributed by atoms with E-state index in [1.54, 1.807) is 7.11 Å². The summed E-state index contributed by atoms with van der Waals surface area (Å²) in [7, 11) is 1.64. The summed E-state index contributed by atoms with van der Waals surface area (Å²) >= 11 is 3.42. The van der Waals surface area contributed by atoms with Crippen LogP contribution in [0.5, 0.6) is 0 Å². The predicted octanol–water partition coefficient (Wildman–Crippen LogP) is 3.37. The molecule has 1 atom stereocenters. The van der Waals surface area contributed by atoms with E-state index in [1.165, 1.54) is 0 Å². The molecule has 1 aromatic rings. The number of carbonyl (C=O) groups is 1. The zero-order chi connectivity index (χ0) is 12.8. The predicted molar refractivity (Wildman–Crippen MR) is 73.2 cm³/mol. The molecule has 0 bridgehead atoms. The number of halogens is 1. The second-order valence-electron chi connectivity index (χ2n) is 4.30. The smallest absolute Gasteiger partial charge is 0.224 e. The van der Waals surface area contributed by atoms with Gasteiger partial charge in [-0.1, -0.05) is 13.0 Å². The van der Waals surface area contributed by atoms with Crippen molar-refractivity contribution in [2.24, 2.45) is 5.92 Å². The van der Waals surface area contributed by atoms with E-state index in [0.717, 1.165) is 15.7 Å². The fourth-order valence-electron chi connectivity index (χ4n) is 1.60. The van der Waals surface area contributed by atoms with Crippen molar-refractivity contribution in [3.8, 4) is 0 Å². The first-order chi connectivity index (χ1) is 8.02. The van der Waals surface area contributed by atoms with Crippen molar-refractivity contribution < 1.29 is 9.53 Å². The van der Waals surface area contributed by atoms with Gasteiger partial charge in [-0.3, -0.25) is 4.79 Å². The van der Waals surface area contributed by atoms with Crippen LogP contribution in [0.25, 0.3) is 0 Å². The number of benzene rings is 1. The number of methoxy groups -OCH3 is 1. The second kappa shape index (κ2) is 6.77. The standard InChI is InChI=1S/C13H18BrNO2/c1-9-4-5-11(14)12(6-9)15-13(16)7-10(2)8-17-3/h4-6,10H,7-8H2,1-3H3,(H,15,16). The molecule has 0 heterocycles. The van der Waals surface area contributed by atoms with E-state index < -0.39 is 0 Å². The maximum atomic E-state index is 11.8. The minimum atomic E-state index is 0.0147. The lowest BCUT2D eigenvalue weighted by atomic mass is 10.1. The van der Waals surface area contributed by atoms with Gasteiger partial charge in [0.2, 0.25) is 5.91 Å². The number of rotatable bonds is 5. The number of amides is 1. The van der Waals surface area contributed by atoms with Gasteiger partial charge in [0.25, 0.3) is 0 Å². The highest BCUT2D eigenvalue weighted by Gasteiger charge is 2.10. The third-order valence-corrected chi connectivity index (χ3v) is 3.07. The summed E-state index contributed by atoms with van der Waals surface area (Å²) in [5.41, 5.74) is 1.94. The van der Waals surface area contributed by atoms with Crippen LogP contribution in [0.3, 0.4) is 0 Å². The van der Waals surface area contributed by atoms with Crippen LogP contribution in [-0.2, 0) is 9.53 Å². The van der Waals surface area contributed by atoms with E-state index >= 15 is 0 Å². The van der Waals surface area contributed by atoms with E-state index in [0.29, 0.717) is 13.0 Å². The van der Waals surface area contributed by atoms with Crippen LogP contribution < -0.4 is 5.32 Å². The highest BCUT2D eigenvalue weighted by Crippen LogP contribution is 2.23. The molecule has 0 spiro atoms. The molecule has 0 saturated heterocycles. The largest absolute Gasteiger partial charge is 0.384 e. The van der Waals surface area contributed by atoms with Crippen molar-refractivity contribution in [3.63, 3.8) is 0 Å². The maximum absolute atomic E-state index is 11.8. The lowest BCUT2D eigenvalue weighted by Crippen LogP contribution is -2.17. The van der Waals surface area contributed by atoms with E-state index in [4.69, 9.17) is 4.74 Å². The van der Waals surface area contributed by atoms with Gasteiger partial charge in [0.1, 0.15) is 0 Å². The average Bonchev–Trinajstić information content (AvgIpc) is 2.23. The second-order valence-corrected chi connectivity index (χ2v) is 5.15. The number of anilines is 1. The monoisotopic (exact) mass is 299 g/mol. The molecule has 0 saturated carbocycles. The Morgan fingerprint density at radius 2 is 2.24 bits per heavy atom. The third kappa shape index (κ3) is 4.88. The molecule has 0 fully saturated rings. The summed E-state index contributed by atoms with van der Waals surface area (Å²) in [6.07, 6.45) is 0.466. The molecule has 17 heavy (non-hydrogen) atoms. The van der Waals surface area contributed by atoms with E-state index in [9.17, 15) is 4.79 Å². The molecule has 0 aliphatic carbocycles. The van der Waals surface area contributed by atoms with Gasteiger partial charge in [-0.05, 0) is 46.5 Å². The molecule has 1 aromatic carbocycles. The highest BCUT2D eigenvalue weighted by atomic mass is 79.9. The van der Waals surface area contributed by atoms with Crippen molar-refractivity contribution in [1.82, 2.24) is 0 Å². The number of ether oxygens (including phenoxy) is 1. The van der Waals surface area contributed by atoms with Crippen LogP contribution in [0.15, 0.2) is 22.7 Å². The number of nitrogens with one attached hydrogen (secondary N) is 1. The Balaban J connectivity index is 2.58. The zero-order valence-electron chi connectivity index (χ0n) is 10.4. The van der Waals surface area contributed by atoms with Crippen molar-refractivity contribution in [1.29, 1.82) is 0 Å². The van der Waals surface area contributed by atoms with Gasteiger partial charge in [0.15, 0.2) is 0 Å². The SMILES string of the molecule is COCC(C)CC(=O)Nc1cc(C)ccc1Br. The molecule has 1 amide bonds. The Bertz CT molecular complexity index is 393. The first-order valence-corrected chi connectivity index (χ1v) is 6.37. The Labute approximate surface area is 111 Å². The van der Waals surface area contributed by atoms with Gasteiger partial charge < -0.3 is 10.1 Å². The third-order valence-electron chi connectivity index (χ3n) is 2.38. The van der Waals surface area contributed by atoms with Crippen LogP contribution in [0.1, 0.15) is 18.9 Å². The fraction of sp³-hybridized carbons (Fsp3) is 0.462. The van der Waals surface area contributed by atoms with Gasteiger partial charge in [0.05, 0.1) is 5.69 Å². The van der Waals surface area contributed by atoms with Crippen molar-refractivity contribution >= 4 is 27.5 Å². The van der Waals surface area contributed by atoms with Crippen molar-refractivity contribution in [2.75, 3.05) is 19.0 Å². The van der Waals surface area contributed by atoms with Gasteiger partial charge in [-0.15, -0.1) is 0 Å².